The minimum atomic E-state index is -0.638. The Morgan fingerprint density at radius 1 is 1.36 bits per heavy atom. The number of hydrogen-bond acceptors (Lipinski definition) is 6. The summed E-state index contributed by atoms with van der Waals surface area (Å²) in [5, 5.41) is 9.12. The van der Waals surface area contributed by atoms with Gasteiger partial charge in [0.1, 0.15) is 11.8 Å². The van der Waals surface area contributed by atoms with Gasteiger partial charge < -0.3 is 24.5 Å². The predicted octanol–water partition coefficient (Wildman–Crippen LogP) is 1.70. The van der Waals surface area contributed by atoms with Gasteiger partial charge >= 0.3 is 5.97 Å². The number of anilines is 1. The number of benzene rings is 1. The Morgan fingerprint density at radius 2 is 2.09 bits per heavy atom. The van der Waals surface area contributed by atoms with Crippen LogP contribution in [0, 0.1) is 11.3 Å². The van der Waals surface area contributed by atoms with Gasteiger partial charge in [-0.05, 0) is 12.1 Å². The number of ether oxygens (including phenoxy) is 3. The highest BCUT2D eigenvalue weighted by Gasteiger charge is 2.23. The molecule has 0 fully saturated rings. The van der Waals surface area contributed by atoms with Gasteiger partial charge in [0, 0.05) is 13.3 Å². The topological polar surface area (TPSA) is 99.5 Å². The van der Waals surface area contributed by atoms with E-state index in [1.54, 1.807) is 24.3 Å². The molecule has 0 radical (unpaired) electrons. The van der Waals surface area contributed by atoms with E-state index in [9.17, 15) is 4.79 Å². The van der Waals surface area contributed by atoms with Crippen molar-refractivity contribution in [3.63, 3.8) is 0 Å². The molecule has 2 rings (SSSR count). The van der Waals surface area contributed by atoms with Crippen molar-refractivity contribution in [2.45, 2.75) is 0 Å². The molecule has 0 saturated carbocycles. The number of carbonyl (C=O) groups is 1. The molecule has 0 saturated heterocycles. The zero-order valence-electron chi connectivity index (χ0n) is 12.2. The molecule has 7 heteroatoms. The van der Waals surface area contributed by atoms with Crippen LogP contribution in [-0.4, -0.2) is 31.5 Å². The lowest BCUT2D eigenvalue weighted by molar-refractivity contribution is 0.0510. The number of esters is 1. The molecule has 22 heavy (non-hydrogen) atoms. The number of aromatic nitrogens is 1. The normalized spacial score (nSPS) is 10.0. The van der Waals surface area contributed by atoms with E-state index in [2.05, 4.69) is 0 Å². The van der Waals surface area contributed by atoms with Gasteiger partial charge in [0.25, 0.3) is 0 Å². The maximum Gasteiger partial charge on any atom is 0.357 e. The zero-order chi connectivity index (χ0) is 16.1. The standard InChI is InChI=1S/C15H15N3O4/c1-20-9-22-12-6-4-3-5-11(12)18-8-10(7-16)13(17)14(18)15(19)21-2/h3-6,8H,9,17H2,1-2H3. The highest BCUT2D eigenvalue weighted by atomic mass is 16.7. The summed E-state index contributed by atoms with van der Waals surface area (Å²) in [5.41, 5.74) is 6.74. The first kappa shape index (κ1) is 15.4. The summed E-state index contributed by atoms with van der Waals surface area (Å²) in [6, 6.07) is 8.96. The van der Waals surface area contributed by atoms with Gasteiger partial charge in [-0.1, -0.05) is 12.1 Å². The summed E-state index contributed by atoms with van der Waals surface area (Å²) in [6.07, 6.45) is 1.47. The minimum Gasteiger partial charge on any atom is -0.465 e. The van der Waals surface area contributed by atoms with Crippen molar-refractivity contribution in [1.29, 1.82) is 5.26 Å². The third kappa shape index (κ3) is 2.73. The summed E-state index contributed by atoms with van der Waals surface area (Å²) < 4.78 is 16.6. The van der Waals surface area contributed by atoms with Crippen LogP contribution in [-0.2, 0) is 9.47 Å². The molecule has 7 nitrogen and oxygen atoms in total. The predicted molar refractivity (Wildman–Crippen MR) is 78.7 cm³/mol. The number of nitrogens with zero attached hydrogens (tertiary/aromatic N) is 2. The van der Waals surface area contributed by atoms with E-state index in [0.29, 0.717) is 11.4 Å². The SMILES string of the molecule is COCOc1ccccc1-n1cc(C#N)c(N)c1C(=O)OC. The highest BCUT2D eigenvalue weighted by Crippen LogP contribution is 2.29. The Hall–Kier alpha value is -2.98. The van der Waals surface area contributed by atoms with Gasteiger partial charge in [0.15, 0.2) is 12.5 Å². The lowest BCUT2D eigenvalue weighted by atomic mass is 10.2. The van der Waals surface area contributed by atoms with Crippen molar-refractivity contribution >= 4 is 11.7 Å². The molecule has 2 N–H and O–H groups in total. The second-order valence-corrected chi connectivity index (χ2v) is 4.30. The van der Waals surface area contributed by atoms with E-state index in [-0.39, 0.29) is 23.7 Å². The van der Waals surface area contributed by atoms with Crippen LogP contribution in [0.2, 0.25) is 0 Å². The molecule has 0 bridgehead atoms. The number of carbonyl (C=O) groups excluding carboxylic acids is 1. The molecular weight excluding hydrogens is 286 g/mol. The quantitative estimate of drug-likeness (QED) is 0.666. The number of nitrogens with two attached hydrogens (primary N) is 1. The van der Waals surface area contributed by atoms with Crippen molar-refractivity contribution in [1.82, 2.24) is 4.57 Å². The molecule has 2 aromatic rings. The van der Waals surface area contributed by atoms with Crippen LogP contribution in [0.1, 0.15) is 16.1 Å². The average Bonchev–Trinajstić information content (AvgIpc) is 2.89. The van der Waals surface area contributed by atoms with Crippen LogP contribution in [0.3, 0.4) is 0 Å². The van der Waals surface area contributed by atoms with Crippen LogP contribution in [0.4, 0.5) is 5.69 Å². The number of nitriles is 1. The Kier molecular flexibility index (Phi) is 4.66. The van der Waals surface area contributed by atoms with Crippen LogP contribution in [0.15, 0.2) is 30.5 Å². The molecular formula is C15H15N3O4. The van der Waals surface area contributed by atoms with Gasteiger partial charge in [0.05, 0.1) is 24.0 Å². The van der Waals surface area contributed by atoms with Crippen LogP contribution in [0.25, 0.3) is 5.69 Å². The maximum absolute atomic E-state index is 12.0. The molecule has 0 aliphatic rings. The van der Waals surface area contributed by atoms with Gasteiger partial charge in [-0.15, -0.1) is 0 Å². The summed E-state index contributed by atoms with van der Waals surface area (Å²) in [7, 11) is 2.75. The number of para-hydroxylation sites is 2. The molecule has 0 amide bonds. The molecule has 0 aliphatic heterocycles. The van der Waals surface area contributed by atoms with Crippen LogP contribution >= 0.6 is 0 Å². The summed E-state index contributed by atoms with van der Waals surface area (Å²) in [5.74, 6) is -0.158. The van der Waals surface area contributed by atoms with Crippen molar-refractivity contribution in [2.24, 2.45) is 0 Å². The van der Waals surface area contributed by atoms with Gasteiger partial charge in [-0.2, -0.15) is 5.26 Å². The third-order valence-electron chi connectivity index (χ3n) is 3.00. The molecule has 0 spiro atoms. The van der Waals surface area contributed by atoms with Crippen LogP contribution in [0.5, 0.6) is 5.75 Å². The molecule has 1 heterocycles. The lowest BCUT2D eigenvalue weighted by Crippen LogP contribution is -2.12. The first-order chi connectivity index (χ1) is 10.6. The third-order valence-corrected chi connectivity index (χ3v) is 3.00. The Labute approximate surface area is 127 Å². The average molecular weight is 301 g/mol. The first-order valence-corrected chi connectivity index (χ1v) is 6.34. The monoisotopic (exact) mass is 301 g/mol. The smallest absolute Gasteiger partial charge is 0.357 e. The molecule has 114 valence electrons. The molecule has 0 aliphatic carbocycles. The van der Waals surface area contributed by atoms with Crippen molar-refractivity contribution < 1.29 is 19.0 Å². The van der Waals surface area contributed by atoms with Crippen LogP contribution < -0.4 is 10.5 Å². The van der Waals surface area contributed by atoms with E-state index in [1.165, 1.54) is 25.0 Å². The molecule has 1 aromatic heterocycles. The first-order valence-electron chi connectivity index (χ1n) is 6.34. The van der Waals surface area contributed by atoms with Crippen molar-refractivity contribution in [2.75, 3.05) is 26.7 Å². The Balaban J connectivity index is 2.63. The lowest BCUT2D eigenvalue weighted by Gasteiger charge is -2.13. The van der Waals surface area contributed by atoms with Crippen molar-refractivity contribution in [3.8, 4) is 17.5 Å². The zero-order valence-corrected chi connectivity index (χ0v) is 12.2. The molecule has 1 aromatic carbocycles. The fraction of sp³-hybridized carbons (Fsp3) is 0.200. The highest BCUT2D eigenvalue weighted by molar-refractivity contribution is 5.96. The fourth-order valence-electron chi connectivity index (χ4n) is 2.01. The van der Waals surface area contributed by atoms with E-state index in [4.69, 9.17) is 25.2 Å². The minimum absolute atomic E-state index is 0.0480. The Morgan fingerprint density at radius 3 is 2.73 bits per heavy atom. The van der Waals surface area contributed by atoms with Gasteiger partial charge in [-0.25, -0.2) is 4.79 Å². The Bertz CT molecular complexity index is 731. The largest absolute Gasteiger partial charge is 0.465 e. The summed E-state index contributed by atoms with van der Waals surface area (Å²) >= 11 is 0. The molecule has 0 atom stereocenters. The number of nitrogen functional groups attached to an aromatic ring is 1. The summed E-state index contributed by atoms with van der Waals surface area (Å²) in [6.45, 7) is 0.0480. The van der Waals surface area contributed by atoms with Crippen molar-refractivity contribution in [3.05, 3.63) is 41.7 Å². The van der Waals surface area contributed by atoms with Gasteiger partial charge in [0.2, 0.25) is 0 Å². The summed E-state index contributed by atoms with van der Waals surface area (Å²) in [4.78, 5) is 12.0. The molecule has 0 unspecified atom stereocenters. The second kappa shape index (κ2) is 6.65. The van der Waals surface area contributed by atoms with E-state index >= 15 is 0 Å². The maximum atomic E-state index is 12.0. The van der Waals surface area contributed by atoms with E-state index in [1.807, 2.05) is 6.07 Å². The fourth-order valence-corrected chi connectivity index (χ4v) is 2.01. The van der Waals surface area contributed by atoms with E-state index in [0.717, 1.165) is 0 Å². The second-order valence-electron chi connectivity index (χ2n) is 4.30. The van der Waals surface area contributed by atoms with E-state index < -0.39 is 5.97 Å². The number of rotatable bonds is 5. The number of hydrogen-bond donors (Lipinski definition) is 1. The van der Waals surface area contributed by atoms with Gasteiger partial charge in [-0.3, -0.25) is 0 Å². The number of methoxy groups -OCH3 is 2.